The highest BCUT2D eigenvalue weighted by molar-refractivity contribution is 7.90. The van der Waals surface area contributed by atoms with Gasteiger partial charge in [-0.2, -0.15) is 0 Å². The molecule has 25 heavy (non-hydrogen) atoms. The van der Waals surface area contributed by atoms with Gasteiger partial charge >= 0.3 is 5.97 Å². The summed E-state index contributed by atoms with van der Waals surface area (Å²) in [5, 5.41) is 11.2. The van der Waals surface area contributed by atoms with Gasteiger partial charge in [-0.1, -0.05) is 12.1 Å². The zero-order valence-corrected chi connectivity index (χ0v) is 15.1. The van der Waals surface area contributed by atoms with E-state index in [-0.39, 0.29) is 21.1 Å². The molecule has 2 aromatic carbocycles. The largest absolute Gasteiger partial charge is 0.507 e. The van der Waals surface area contributed by atoms with Crippen molar-refractivity contribution in [1.29, 1.82) is 0 Å². The smallest absolute Gasteiger partial charge is 0.339 e. The number of sulfone groups is 1. The summed E-state index contributed by atoms with van der Waals surface area (Å²) in [6.07, 6.45) is 1.08. The number of aliphatic hydroxyl groups is 1. The van der Waals surface area contributed by atoms with E-state index >= 15 is 0 Å². The van der Waals surface area contributed by atoms with Crippen molar-refractivity contribution in [3.8, 4) is 0 Å². The maximum Gasteiger partial charge on any atom is 0.339 e. The second-order valence-corrected chi connectivity index (χ2v) is 8.37. The van der Waals surface area contributed by atoms with Gasteiger partial charge in [-0.25, -0.2) is 17.4 Å². The van der Waals surface area contributed by atoms with Gasteiger partial charge in [0, 0.05) is 17.2 Å². The van der Waals surface area contributed by atoms with Gasteiger partial charge in [-0.15, -0.1) is 0 Å². The molecule has 1 N–H and O–H groups in total. The molecule has 1 atom stereocenters. The number of ether oxygens (including phenoxy) is 1. The molecule has 8 heteroatoms. The molecule has 0 heterocycles. The molecule has 0 spiro atoms. The minimum absolute atomic E-state index is 0.112. The average Bonchev–Trinajstić information content (AvgIpc) is 2.60. The van der Waals surface area contributed by atoms with Crippen LogP contribution in [0.2, 0.25) is 0 Å². The molecule has 0 saturated heterocycles. The lowest BCUT2D eigenvalue weighted by Gasteiger charge is -2.06. The summed E-state index contributed by atoms with van der Waals surface area (Å²) >= 11 is 0. The number of carbonyl (C=O) groups excluding carboxylic acids is 1. The number of hydrogen-bond donors (Lipinski definition) is 1. The third-order valence-corrected chi connectivity index (χ3v) is 5.66. The van der Waals surface area contributed by atoms with E-state index in [0.717, 1.165) is 11.7 Å². The second kappa shape index (κ2) is 7.62. The third-order valence-electron chi connectivity index (χ3n) is 3.31. The third kappa shape index (κ3) is 4.55. The number of rotatable bonds is 5. The number of carbonyl (C=O) groups is 1. The van der Waals surface area contributed by atoms with Crippen molar-refractivity contribution in [3.05, 3.63) is 65.1 Å². The molecule has 2 rings (SSSR count). The molecule has 0 aromatic heterocycles. The number of benzene rings is 2. The monoisotopic (exact) mass is 380 g/mol. The molecule has 0 bridgehead atoms. The zero-order valence-electron chi connectivity index (χ0n) is 13.5. The van der Waals surface area contributed by atoms with Gasteiger partial charge in [0.25, 0.3) is 0 Å². The van der Waals surface area contributed by atoms with Crippen molar-refractivity contribution in [1.82, 2.24) is 0 Å². The van der Waals surface area contributed by atoms with Crippen molar-refractivity contribution in [2.45, 2.75) is 9.79 Å². The van der Waals surface area contributed by atoms with Gasteiger partial charge in [-0.05, 0) is 36.4 Å². The minimum atomic E-state index is -3.34. The highest BCUT2D eigenvalue weighted by Gasteiger charge is 2.16. The van der Waals surface area contributed by atoms with Crippen LogP contribution in [0, 0.1) is 0 Å². The van der Waals surface area contributed by atoms with Crippen LogP contribution < -0.4 is 0 Å². The molecule has 0 aliphatic rings. The van der Waals surface area contributed by atoms with Gasteiger partial charge in [0.2, 0.25) is 0 Å². The molecule has 1 unspecified atom stereocenters. The zero-order chi connectivity index (χ0) is 18.6. The molecular weight excluding hydrogens is 364 g/mol. The van der Waals surface area contributed by atoms with Gasteiger partial charge in [0.15, 0.2) is 9.84 Å². The first kappa shape index (κ1) is 18.9. The number of methoxy groups -OCH3 is 1. The second-order valence-electron chi connectivity index (χ2n) is 5.08. The Balaban J connectivity index is 2.34. The Bertz CT molecular complexity index is 943. The summed E-state index contributed by atoms with van der Waals surface area (Å²) in [4.78, 5) is 12.0. The highest BCUT2D eigenvalue weighted by atomic mass is 32.2. The van der Waals surface area contributed by atoms with Crippen LogP contribution in [0.1, 0.15) is 15.9 Å². The van der Waals surface area contributed by atoms with Crippen LogP contribution in [0.15, 0.2) is 63.7 Å². The average molecular weight is 380 g/mol. The van der Waals surface area contributed by atoms with Crippen LogP contribution in [-0.2, 0) is 25.4 Å². The molecule has 2 aromatic rings. The number of esters is 1. The normalized spacial score (nSPS) is 13.3. The minimum Gasteiger partial charge on any atom is -0.507 e. The predicted molar refractivity (Wildman–Crippen MR) is 94.3 cm³/mol. The van der Waals surface area contributed by atoms with Crippen LogP contribution in [0.4, 0.5) is 0 Å². The maximum atomic E-state index is 12.5. The summed E-state index contributed by atoms with van der Waals surface area (Å²) in [6.45, 7) is 0. The quantitative estimate of drug-likeness (QED) is 0.632. The van der Waals surface area contributed by atoms with Gasteiger partial charge in [-0.3, -0.25) is 0 Å². The SMILES string of the molecule is COC(=O)c1ccccc1S(=O)/C=C(/O)c1ccc(S(C)(=O)=O)cc1. The van der Waals surface area contributed by atoms with E-state index in [9.17, 15) is 22.5 Å². The van der Waals surface area contributed by atoms with E-state index in [1.165, 1.54) is 43.5 Å². The predicted octanol–water partition coefficient (Wildman–Crippen LogP) is 2.54. The van der Waals surface area contributed by atoms with Crippen LogP contribution in [-0.4, -0.2) is 37.1 Å². The van der Waals surface area contributed by atoms with Gasteiger partial charge < -0.3 is 9.84 Å². The van der Waals surface area contributed by atoms with Gasteiger partial charge in [0.1, 0.15) is 5.76 Å². The first-order valence-corrected chi connectivity index (χ1v) is 10.1. The maximum absolute atomic E-state index is 12.5. The molecule has 132 valence electrons. The molecule has 0 radical (unpaired) electrons. The van der Waals surface area contributed by atoms with E-state index in [2.05, 4.69) is 4.74 Å². The molecule has 0 saturated carbocycles. The Morgan fingerprint density at radius 1 is 1.12 bits per heavy atom. The van der Waals surface area contributed by atoms with Crippen molar-refractivity contribution in [2.75, 3.05) is 13.4 Å². The van der Waals surface area contributed by atoms with Crippen LogP contribution in [0.3, 0.4) is 0 Å². The summed E-state index contributed by atoms with van der Waals surface area (Å²) < 4.78 is 40.0. The summed E-state index contributed by atoms with van der Waals surface area (Å²) in [5.41, 5.74) is 0.441. The van der Waals surface area contributed by atoms with Crippen molar-refractivity contribution in [3.63, 3.8) is 0 Å². The molecule has 0 aliphatic heterocycles. The lowest BCUT2D eigenvalue weighted by Crippen LogP contribution is -2.06. The van der Waals surface area contributed by atoms with Crippen molar-refractivity contribution >= 4 is 32.4 Å². The Morgan fingerprint density at radius 2 is 1.72 bits per heavy atom. The van der Waals surface area contributed by atoms with Crippen LogP contribution in [0.25, 0.3) is 5.76 Å². The van der Waals surface area contributed by atoms with E-state index in [1.807, 2.05) is 0 Å². The fourth-order valence-electron chi connectivity index (χ4n) is 2.03. The van der Waals surface area contributed by atoms with Crippen molar-refractivity contribution in [2.24, 2.45) is 0 Å². The Kier molecular flexibility index (Phi) is 5.76. The topological polar surface area (TPSA) is 97.7 Å². The summed E-state index contributed by atoms with van der Waals surface area (Å²) in [7, 11) is -3.92. The standard InChI is InChI=1S/C17H16O6S2/c1-23-17(19)14-5-3-4-6-16(14)24(20)11-15(18)12-7-9-13(10-8-12)25(2,21)22/h3-11,18H,1-2H3/b15-11+. The van der Waals surface area contributed by atoms with Crippen LogP contribution >= 0.6 is 0 Å². The lowest BCUT2D eigenvalue weighted by molar-refractivity contribution is 0.0596. The number of hydrogen-bond acceptors (Lipinski definition) is 6. The summed E-state index contributed by atoms with van der Waals surface area (Å²) in [5.74, 6) is -0.924. The lowest BCUT2D eigenvalue weighted by atomic mass is 10.2. The Labute approximate surface area is 148 Å². The van der Waals surface area contributed by atoms with Crippen molar-refractivity contribution < 1.29 is 27.3 Å². The van der Waals surface area contributed by atoms with E-state index in [0.29, 0.717) is 5.56 Å². The first-order chi connectivity index (χ1) is 11.7. The summed E-state index contributed by atoms with van der Waals surface area (Å²) in [6, 6.07) is 11.7. The molecule has 6 nitrogen and oxygen atoms in total. The highest BCUT2D eigenvalue weighted by Crippen LogP contribution is 2.20. The van der Waals surface area contributed by atoms with E-state index < -0.39 is 26.6 Å². The van der Waals surface area contributed by atoms with Crippen LogP contribution in [0.5, 0.6) is 0 Å². The first-order valence-electron chi connectivity index (χ1n) is 7.03. The molecular formula is C17H16O6S2. The fourth-order valence-corrected chi connectivity index (χ4v) is 3.70. The molecule has 0 aliphatic carbocycles. The Morgan fingerprint density at radius 3 is 2.28 bits per heavy atom. The molecule has 0 fully saturated rings. The fraction of sp³-hybridized carbons (Fsp3) is 0.118. The van der Waals surface area contributed by atoms with E-state index in [1.54, 1.807) is 12.1 Å². The number of aliphatic hydroxyl groups excluding tert-OH is 1. The van der Waals surface area contributed by atoms with Gasteiger partial charge in [0.05, 0.1) is 33.3 Å². The molecule has 0 amide bonds. The van der Waals surface area contributed by atoms with E-state index in [4.69, 9.17) is 0 Å². The Hall–Kier alpha value is -2.45.